The van der Waals surface area contributed by atoms with Gasteiger partial charge in [0.25, 0.3) is 0 Å². The highest BCUT2D eigenvalue weighted by Gasteiger charge is 2.28. The van der Waals surface area contributed by atoms with E-state index in [1.165, 1.54) is 0 Å². The molecule has 1 aliphatic heterocycles. The third kappa shape index (κ3) is 3.84. The lowest BCUT2D eigenvalue weighted by molar-refractivity contribution is 0.179. The minimum Gasteiger partial charge on any atom is -0.295 e. The number of hydrogen-bond acceptors (Lipinski definition) is 5. The van der Waals surface area contributed by atoms with E-state index in [0.29, 0.717) is 31.1 Å². The molecule has 1 aliphatic rings. The van der Waals surface area contributed by atoms with Gasteiger partial charge in [0.1, 0.15) is 0 Å². The van der Waals surface area contributed by atoms with E-state index in [9.17, 15) is 8.42 Å². The van der Waals surface area contributed by atoms with E-state index in [2.05, 4.69) is 33.1 Å². The van der Waals surface area contributed by atoms with Gasteiger partial charge < -0.3 is 0 Å². The summed E-state index contributed by atoms with van der Waals surface area (Å²) in [6.45, 7) is 5.16. The van der Waals surface area contributed by atoms with Crippen LogP contribution in [0.15, 0.2) is 59.9 Å². The molecule has 0 amide bonds. The van der Waals surface area contributed by atoms with Crippen molar-refractivity contribution in [2.24, 2.45) is 0 Å². The fraction of sp³-hybridized carbons (Fsp3) is 0.300. The van der Waals surface area contributed by atoms with Gasteiger partial charge in [0.05, 0.1) is 16.8 Å². The molecule has 3 heterocycles. The largest absolute Gasteiger partial charge is 0.295 e. The van der Waals surface area contributed by atoms with Gasteiger partial charge in [-0.25, -0.2) is 8.42 Å². The van der Waals surface area contributed by atoms with Gasteiger partial charge in [0, 0.05) is 50.7 Å². The molecule has 0 spiro atoms. The number of nitrogens with zero attached hydrogens (tertiary/aromatic N) is 4. The zero-order chi connectivity index (χ0) is 19.6. The first kappa shape index (κ1) is 18.8. The SMILES string of the molecule is Cc1cccnc1CN1CCN(S(=O)(=O)c2ccc(-c3cn[nH]c3)cc2)CC1. The highest BCUT2D eigenvalue weighted by Crippen LogP contribution is 2.23. The van der Waals surface area contributed by atoms with Crippen molar-refractivity contribution >= 4 is 10.0 Å². The van der Waals surface area contributed by atoms with Crippen molar-refractivity contribution in [3.8, 4) is 11.1 Å². The van der Waals surface area contributed by atoms with Crippen LogP contribution in [0.1, 0.15) is 11.3 Å². The topological polar surface area (TPSA) is 82.2 Å². The number of hydrogen-bond donors (Lipinski definition) is 1. The van der Waals surface area contributed by atoms with Gasteiger partial charge in [-0.3, -0.25) is 15.0 Å². The molecule has 28 heavy (non-hydrogen) atoms. The molecule has 0 radical (unpaired) electrons. The molecule has 4 rings (SSSR count). The van der Waals surface area contributed by atoms with Crippen molar-refractivity contribution in [2.75, 3.05) is 26.2 Å². The van der Waals surface area contributed by atoms with Crippen molar-refractivity contribution in [3.05, 3.63) is 66.2 Å². The maximum Gasteiger partial charge on any atom is 0.243 e. The molecule has 146 valence electrons. The molecule has 0 aliphatic carbocycles. The smallest absolute Gasteiger partial charge is 0.243 e. The van der Waals surface area contributed by atoms with E-state index in [4.69, 9.17) is 0 Å². The highest BCUT2D eigenvalue weighted by atomic mass is 32.2. The number of aromatic nitrogens is 3. The molecule has 1 fully saturated rings. The third-order valence-electron chi connectivity index (χ3n) is 5.15. The maximum absolute atomic E-state index is 13.0. The van der Waals surface area contributed by atoms with E-state index < -0.39 is 10.0 Å². The van der Waals surface area contributed by atoms with Crippen molar-refractivity contribution in [1.82, 2.24) is 24.4 Å². The Hall–Kier alpha value is -2.55. The number of rotatable bonds is 5. The first-order chi connectivity index (χ1) is 13.5. The molecule has 0 unspecified atom stereocenters. The van der Waals surface area contributed by atoms with E-state index in [1.54, 1.807) is 35.0 Å². The van der Waals surface area contributed by atoms with Gasteiger partial charge in [0.15, 0.2) is 0 Å². The number of piperazine rings is 1. The van der Waals surface area contributed by atoms with Crippen LogP contribution in [0.3, 0.4) is 0 Å². The summed E-state index contributed by atoms with van der Waals surface area (Å²) < 4.78 is 27.5. The van der Waals surface area contributed by atoms with Crippen LogP contribution in [0, 0.1) is 6.92 Å². The number of aryl methyl sites for hydroxylation is 1. The number of benzene rings is 1. The highest BCUT2D eigenvalue weighted by molar-refractivity contribution is 7.89. The summed E-state index contributed by atoms with van der Waals surface area (Å²) in [6, 6.07) is 11.0. The van der Waals surface area contributed by atoms with Crippen LogP contribution in [-0.4, -0.2) is 59.0 Å². The summed E-state index contributed by atoms with van der Waals surface area (Å²) in [4.78, 5) is 7.02. The van der Waals surface area contributed by atoms with Gasteiger partial charge >= 0.3 is 0 Å². The van der Waals surface area contributed by atoms with E-state index in [1.807, 2.05) is 18.2 Å². The predicted molar refractivity (Wildman–Crippen MR) is 107 cm³/mol. The molecular weight excluding hydrogens is 374 g/mol. The molecule has 0 atom stereocenters. The van der Waals surface area contributed by atoms with Gasteiger partial charge in [-0.15, -0.1) is 0 Å². The molecule has 7 nitrogen and oxygen atoms in total. The van der Waals surface area contributed by atoms with E-state index in [0.717, 1.165) is 28.9 Å². The maximum atomic E-state index is 13.0. The quantitative estimate of drug-likeness (QED) is 0.714. The van der Waals surface area contributed by atoms with E-state index in [-0.39, 0.29) is 0 Å². The molecule has 3 aromatic rings. The number of H-pyrrole nitrogens is 1. The first-order valence-corrected chi connectivity index (χ1v) is 10.7. The summed E-state index contributed by atoms with van der Waals surface area (Å²) in [5, 5.41) is 6.69. The van der Waals surface area contributed by atoms with Crippen LogP contribution >= 0.6 is 0 Å². The third-order valence-corrected chi connectivity index (χ3v) is 7.06. The van der Waals surface area contributed by atoms with Crippen molar-refractivity contribution in [3.63, 3.8) is 0 Å². The van der Waals surface area contributed by atoms with Gasteiger partial charge in [-0.2, -0.15) is 9.40 Å². The van der Waals surface area contributed by atoms with Gasteiger partial charge in [-0.05, 0) is 36.2 Å². The standard InChI is InChI=1S/C20H23N5O2S/c1-16-3-2-8-21-20(16)15-24-9-11-25(12-10-24)28(26,27)19-6-4-17(5-7-19)18-13-22-23-14-18/h2-8,13-14H,9-12,15H2,1H3,(H,22,23). The second-order valence-electron chi connectivity index (χ2n) is 6.96. The zero-order valence-electron chi connectivity index (χ0n) is 15.7. The Labute approximate surface area is 165 Å². The molecule has 1 N–H and O–H groups in total. The Morgan fingerprint density at radius 2 is 1.79 bits per heavy atom. The monoisotopic (exact) mass is 397 g/mol. The number of nitrogens with one attached hydrogen (secondary N) is 1. The van der Waals surface area contributed by atoms with Crippen molar-refractivity contribution in [2.45, 2.75) is 18.4 Å². The average Bonchev–Trinajstić information content (AvgIpc) is 3.25. The minimum atomic E-state index is -3.48. The van der Waals surface area contributed by atoms with Gasteiger partial charge in [0.2, 0.25) is 10.0 Å². The number of aromatic amines is 1. The summed E-state index contributed by atoms with van der Waals surface area (Å²) in [5.74, 6) is 0. The molecule has 1 saturated heterocycles. The van der Waals surface area contributed by atoms with Crippen molar-refractivity contribution < 1.29 is 8.42 Å². The second kappa shape index (κ2) is 7.83. The van der Waals surface area contributed by atoms with Crippen LogP contribution < -0.4 is 0 Å². The normalized spacial score (nSPS) is 16.3. The van der Waals surface area contributed by atoms with Crippen molar-refractivity contribution in [1.29, 1.82) is 0 Å². The van der Waals surface area contributed by atoms with Crippen LogP contribution in [0.4, 0.5) is 0 Å². The lowest BCUT2D eigenvalue weighted by Crippen LogP contribution is -2.48. The van der Waals surface area contributed by atoms with Crippen LogP contribution in [0.5, 0.6) is 0 Å². The summed E-state index contributed by atoms with van der Waals surface area (Å²) in [5.41, 5.74) is 4.08. The molecule has 1 aromatic carbocycles. The second-order valence-corrected chi connectivity index (χ2v) is 8.90. The van der Waals surface area contributed by atoms with E-state index >= 15 is 0 Å². The molecule has 8 heteroatoms. The molecular formula is C20H23N5O2S. The summed E-state index contributed by atoms with van der Waals surface area (Å²) in [7, 11) is -3.48. The minimum absolute atomic E-state index is 0.328. The molecule has 2 aromatic heterocycles. The zero-order valence-corrected chi connectivity index (χ0v) is 16.6. The predicted octanol–water partition coefficient (Wildman–Crippen LogP) is 2.29. The Morgan fingerprint density at radius 3 is 2.43 bits per heavy atom. The Morgan fingerprint density at radius 1 is 1.04 bits per heavy atom. The van der Waals surface area contributed by atoms with Crippen LogP contribution in [0.25, 0.3) is 11.1 Å². The Balaban J connectivity index is 1.41. The molecule has 0 bridgehead atoms. The Bertz CT molecular complexity index is 1020. The van der Waals surface area contributed by atoms with Crippen LogP contribution in [0.2, 0.25) is 0 Å². The number of pyridine rings is 1. The Kier molecular flexibility index (Phi) is 5.25. The number of sulfonamides is 1. The molecule has 0 saturated carbocycles. The summed E-state index contributed by atoms with van der Waals surface area (Å²) in [6.07, 6.45) is 5.30. The fourth-order valence-electron chi connectivity index (χ4n) is 3.40. The lowest BCUT2D eigenvalue weighted by Gasteiger charge is -2.34. The van der Waals surface area contributed by atoms with Gasteiger partial charge in [-0.1, -0.05) is 18.2 Å². The lowest BCUT2D eigenvalue weighted by atomic mass is 10.1. The van der Waals surface area contributed by atoms with Crippen LogP contribution in [-0.2, 0) is 16.6 Å². The summed E-state index contributed by atoms with van der Waals surface area (Å²) >= 11 is 0. The average molecular weight is 398 g/mol. The fourth-order valence-corrected chi connectivity index (χ4v) is 4.82. The first-order valence-electron chi connectivity index (χ1n) is 9.26.